The minimum Gasteiger partial charge on any atom is -0.312 e. The lowest BCUT2D eigenvalue weighted by Gasteiger charge is -2.13. The van der Waals surface area contributed by atoms with Crippen LogP contribution in [-0.4, -0.2) is 23.5 Å². The van der Waals surface area contributed by atoms with Crippen LogP contribution >= 0.6 is 34.8 Å². The molecule has 1 aromatic carbocycles. The molecule has 0 saturated carbocycles. The Labute approximate surface area is 130 Å². The zero-order valence-corrected chi connectivity index (χ0v) is 12.5. The Morgan fingerprint density at radius 2 is 2.15 bits per heavy atom. The van der Waals surface area contributed by atoms with Crippen LogP contribution in [0.1, 0.15) is 12.8 Å². The summed E-state index contributed by atoms with van der Waals surface area (Å²) in [5, 5.41) is 8.50. The van der Waals surface area contributed by atoms with Gasteiger partial charge in [0.1, 0.15) is 5.84 Å². The van der Waals surface area contributed by atoms with E-state index < -0.39 is 0 Å². The molecule has 0 aliphatic carbocycles. The van der Waals surface area contributed by atoms with Crippen molar-refractivity contribution >= 4 is 58.1 Å². The van der Waals surface area contributed by atoms with E-state index in [1.54, 1.807) is 12.1 Å². The van der Waals surface area contributed by atoms with E-state index in [9.17, 15) is 9.59 Å². The highest BCUT2D eigenvalue weighted by molar-refractivity contribution is 6.37. The van der Waals surface area contributed by atoms with Gasteiger partial charge in [-0.1, -0.05) is 23.2 Å². The number of rotatable bonds is 3. The fourth-order valence-corrected chi connectivity index (χ4v) is 2.31. The molecule has 0 radical (unpaired) electrons. The summed E-state index contributed by atoms with van der Waals surface area (Å²) in [4.78, 5) is 23.3. The van der Waals surface area contributed by atoms with Gasteiger partial charge in [-0.3, -0.25) is 9.59 Å². The number of nitrogens with zero attached hydrogens (tertiary/aromatic N) is 2. The molecule has 0 spiro atoms. The summed E-state index contributed by atoms with van der Waals surface area (Å²) < 4.78 is 0. The molecule has 5 nitrogen and oxygen atoms in total. The summed E-state index contributed by atoms with van der Waals surface area (Å²) in [6.07, 6.45) is 0.170. The lowest BCUT2D eigenvalue weighted by molar-refractivity contribution is -0.119. The molecule has 1 aromatic rings. The third kappa shape index (κ3) is 3.42. The second-order valence-electron chi connectivity index (χ2n) is 4.01. The third-order valence-corrected chi connectivity index (χ3v) is 3.25. The Morgan fingerprint density at radius 3 is 2.80 bits per heavy atom. The number of alkyl halides is 1. The monoisotopic (exact) mass is 333 g/mol. The van der Waals surface area contributed by atoms with Gasteiger partial charge in [0.2, 0.25) is 5.91 Å². The smallest absolute Gasteiger partial charge is 0.255 e. The van der Waals surface area contributed by atoms with Gasteiger partial charge in [-0.2, -0.15) is 10.1 Å². The van der Waals surface area contributed by atoms with Gasteiger partial charge in [-0.25, -0.2) is 0 Å². The fourth-order valence-electron chi connectivity index (χ4n) is 1.65. The van der Waals surface area contributed by atoms with Gasteiger partial charge in [-0.15, -0.1) is 11.6 Å². The summed E-state index contributed by atoms with van der Waals surface area (Å²) in [7, 11) is 0. The van der Waals surface area contributed by atoms with Crippen molar-refractivity contribution in [2.45, 2.75) is 12.8 Å². The number of benzene rings is 1. The summed E-state index contributed by atoms with van der Waals surface area (Å²) in [6.45, 7) is 0. The van der Waals surface area contributed by atoms with E-state index in [0.29, 0.717) is 15.7 Å². The van der Waals surface area contributed by atoms with E-state index in [1.165, 1.54) is 6.07 Å². The Bertz CT molecular complexity index is 589. The SMILES string of the molecule is O=C(CCCl)NC1=NN(c2ccc(Cl)cc2Cl)C(=O)C1. The van der Waals surface area contributed by atoms with Crippen LogP contribution in [0, 0.1) is 0 Å². The van der Waals surface area contributed by atoms with Crippen molar-refractivity contribution in [3.63, 3.8) is 0 Å². The van der Waals surface area contributed by atoms with Gasteiger partial charge in [-0.05, 0) is 18.2 Å². The predicted octanol–water partition coefficient (Wildman–Crippen LogP) is 2.79. The molecule has 20 heavy (non-hydrogen) atoms. The number of nitrogens with one attached hydrogen (secondary N) is 1. The van der Waals surface area contributed by atoms with Gasteiger partial charge in [0.05, 0.1) is 17.1 Å². The van der Waals surface area contributed by atoms with Crippen molar-refractivity contribution in [3.05, 3.63) is 28.2 Å². The number of hydrogen-bond acceptors (Lipinski definition) is 3. The van der Waals surface area contributed by atoms with E-state index in [0.717, 1.165) is 5.01 Å². The molecule has 0 bridgehead atoms. The molecule has 1 aliphatic heterocycles. The van der Waals surface area contributed by atoms with Gasteiger partial charge in [0, 0.05) is 17.3 Å². The molecule has 0 unspecified atom stereocenters. The predicted molar refractivity (Wildman–Crippen MR) is 79.5 cm³/mol. The molecule has 1 aliphatic rings. The van der Waals surface area contributed by atoms with Gasteiger partial charge >= 0.3 is 0 Å². The number of carbonyl (C=O) groups excluding carboxylic acids is 2. The standard InChI is InChI=1S/C12H10Cl3N3O2/c13-4-3-11(19)16-10-6-12(20)18(17-10)9-2-1-7(14)5-8(9)15/h1-2,5H,3-4,6H2,(H,16,17,19). The highest BCUT2D eigenvalue weighted by Crippen LogP contribution is 2.31. The first-order valence-corrected chi connectivity index (χ1v) is 7.01. The largest absolute Gasteiger partial charge is 0.312 e. The van der Waals surface area contributed by atoms with Crippen LogP contribution in [0.5, 0.6) is 0 Å². The molecule has 0 fully saturated rings. The summed E-state index contributed by atoms with van der Waals surface area (Å²) in [6, 6.07) is 4.72. The summed E-state index contributed by atoms with van der Waals surface area (Å²) in [5.74, 6) is -0.0816. The first kappa shape index (κ1) is 15.1. The van der Waals surface area contributed by atoms with E-state index in [-0.39, 0.29) is 36.4 Å². The average Bonchev–Trinajstić information content (AvgIpc) is 2.70. The number of anilines is 1. The first-order valence-electron chi connectivity index (χ1n) is 5.72. The van der Waals surface area contributed by atoms with E-state index in [2.05, 4.69) is 10.4 Å². The Morgan fingerprint density at radius 1 is 1.40 bits per heavy atom. The molecule has 0 saturated heterocycles. The highest BCUT2D eigenvalue weighted by Gasteiger charge is 2.27. The van der Waals surface area contributed by atoms with E-state index in [1.807, 2.05) is 0 Å². The Balaban J connectivity index is 2.18. The van der Waals surface area contributed by atoms with Crippen LogP contribution in [0.4, 0.5) is 5.69 Å². The van der Waals surface area contributed by atoms with Crippen molar-refractivity contribution < 1.29 is 9.59 Å². The molecule has 1 N–H and O–H groups in total. The first-order chi connectivity index (χ1) is 9.51. The maximum atomic E-state index is 11.9. The van der Waals surface area contributed by atoms with Gasteiger partial charge in [0.15, 0.2) is 0 Å². The maximum Gasteiger partial charge on any atom is 0.255 e. The number of carbonyl (C=O) groups is 2. The van der Waals surface area contributed by atoms with Crippen LogP contribution in [0.2, 0.25) is 10.0 Å². The minimum absolute atomic E-state index is 0.00693. The molecule has 0 aromatic heterocycles. The van der Waals surface area contributed by atoms with Crippen LogP contribution in [0.15, 0.2) is 23.3 Å². The fraction of sp³-hybridized carbons (Fsp3) is 0.250. The molecule has 0 atom stereocenters. The van der Waals surface area contributed by atoms with Crippen LogP contribution in [0.25, 0.3) is 0 Å². The minimum atomic E-state index is -0.282. The summed E-state index contributed by atoms with van der Waals surface area (Å²) >= 11 is 17.3. The van der Waals surface area contributed by atoms with Crippen LogP contribution in [-0.2, 0) is 9.59 Å². The zero-order chi connectivity index (χ0) is 14.7. The quantitative estimate of drug-likeness (QED) is 0.864. The van der Waals surface area contributed by atoms with Crippen molar-refractivity contribution in [1.29, 1.82) is 0 Å². The Kier molecular flexibility index (Phi) is 4.86. The van der Waals surface area contributed by atoms with E-state index >= 15 is 0 Å². The number of amidine groups is 1. The lowest BCUT2D eigenvalue weighted by atomic mass is 10.3. The molecule has 8 heteroatoms. The van der Waals surface area contributed by atoms with E-state index in [4.69, 9.17) is 34.8 Å². The maximum absolute atomic E-state index is 11.9. The number of amides is 2. The second kappa shape index (κ2) is 6.43. The van der Waals surface area contributed by atoms with Gasteiger partial charge < -0.3 is 5.32 Å². The molecule has 2 amide bonds. The number of hydrogen-bond donors (Lipinski definition) is 1. The van der Waals surface area contributed by atoms with Crippen molar-refractivity contribution in [3.8, 4) is 0 Å². The van der Waals surface area contributed by atoms with Crippen LogP contribution < -0.4 is 10.3 Å². The zero-order valence-electron chi connectivity index (χ0n) is 10.2. The normalized spacial score (nSPS) is 14.4. The average molecular weight is 335 g/mol. The number of halogens is 3. The Hall–Kier alpha value is -1.30. The van der Waals surface area contributed by atoms with Crippen molar-refractivity contribution in [2.24, 2.45) is 5.10 Å². The lowest BCUT2D eigenvalue weighted by Crippen LogP contribution is -2.29. The summed E-state index contributed by atoms with van der Waals surface area (Å²) in [5.41, 5.74) is 0.419. The molecular formula is C12H10Cl3N3O2. The second-order valence-corrected chi connectivity index (χ2v) is 5.23. The molecule has 2 rings (SSSR count). The van der Waals surface area contributed by atoms with Crippen LogP contribution in [0.3, 0.4) is 0 Å². The topological polar surface area (TPSA) is 61.8 Å². The van der Waals surface area contributed by atoms with Crippen molar-refractivity contribution in [2.75, 3.05) is 10.9 Å². The molecular weight excluding hydrogens is 325 g/mol. The molecule has 106 valence electrons. The highest BCUT2D eigenvalue weighted by atomic mass is 35.5. The van der Waals surface area contributed by atoms with Crippen molar-refractivity contribution in [1.82, 2.24) is 5.32 Å². The van der Waals surface area contributed by atoms with Gasteiger partial charge in [0.25, 0.3) is 5.91 Å². The number of hydrazone groups is 1. The molecule has 1 heterocycles. The third-order valence-electron chi connectivity index (χ3n) is 2.52.